The van der Waals surface area contributed by atoms with Gasteiger partial charge in [-0.15, -0.1) is 11.8 Å². The Labute approximate surface area is 118 Å². The van der Waals surface area contributed by atoms with Crippen molar-refractivity contribution in [2.45, 2.75) is 11.3 Å². The van der Waals surface area contributed by atoms with E-state index < -0.39 is 5.97 Å². The number of amides is 1. The average molecular weight is 332 g/mol. The highest BCUT2D eigenvalue weighted by Crippen LogP contribution is 2.21. The van der Waals surface area contributed by atoms with Crippen molar-refractivity contribution in [3.63, 3.8) is 0 Å². The van der Waals surface area contributed by atoms with Crippen LogP contribution in [0.3, 0.4) is 0 Å². The molecular weight excluding hydrogens is 318 g/mol. The maximum atomic E-state index is 11.6. The first-order chi connectivity index (χ1) is 8.49. The molecule has 0 heterocycles. The second-order valence-electron chi connectivity index (χ2n) is 3.70. The topological polar surface area (TPSA) is 57.6 Å². The summed E-state index contributed by atoms with van der Waals surface area (Å²) >= 11 is 4.93. The van der Waals surface area contributed by atoms with Crippen molar-refractivity contribution in [3.8, 4) is 0 Å². The van der Waals surface area contributed by atoms with Crippen LogP contribution in [0.2, 0.25) is 0 Å². The fraction of sp³-hybridized carbons (Fsp3) is 0.333. The van der Waals surface area contributed by atoms with E-state index in [4.69, 9.17) is 5.11 Å². The number of likely N-dealkylation sites (N-methyl/N-ethyl adjacent to an activating group) is 1. The summed E-state index contributed by atoms with van der Waals surface area (Å²) in [5, 5.41) is 8.56. The number of carbonyl (C=O) groups excluding carboxylic acids is 1. The summed E-state index contributed by atoms with van der Waals surface area (Å²) in [6, 6.07) is 7.84. The van der Waals surface area contributed by atoms with Gasteiger partial charge in [0.15, 0.2) is 0 Å². The first kappa shape index (κ1) is 15.0. The molecule has 1 aromatic carbocycles. The predicted octanol–water partition coefficient (Wildman–Crippen LogP) is 2.47. The molecule has 0 saturated heterocycles. The van der Waals surface area contributed by atoms with Crippen molar-refractivity contribution in [1.82, 2.24) is 4.90 Å². The highest BCUT2D eigenvalue weighted by atomic mass is 79.9. The Bertz CT molecular complexity index is 422. The van der Waals surface area contributed by atoms with E-state index in [2.05, 4.69) is 15.9 Å². The van der Waals surface area contributed by atoms with Crippen LogP contribution < -0.4 is 0 Å². The molecule has 0 unspecified atom stereocenters. The number of nitrogens with zero attached hydrogens (tertiary/aromatic N) is 1. The molecule has 18 heavy (non-hydrogen) atoms. The summed E-state index contributed by atoms with van der Waals surface area (Å²) < 4.78 is 1.02. The van der Waals surface area contributed by atoms with E-state index >= 15 is 0 Å². The second kappa shape index (κ2) is 7.43. The summed E-state index contributed by atoms with van der Waals surface area (Å²) in [6.45, 7) is -0.248. The molecule has 1 N–H and O–H groups in total. The lowest BCUT2D eigenvalue weighted by atomic mass is 10.4. The van der Waals surface area contributed by atoms with Gasteiger partial charge in [-0.05, 0) is 24.3 Å². The summed E-state index contributed by atoms with van der Waals surface area (Å²) in [5.74, 6) is -0.502. The number of carboxylic acid groups (broad SMARTS) is 1. The molecule has 98 valence electrons. The van der Waals surface area contributed by atoms with E-state index in [1.807, 2.05) is 24.3 Å². The Balaban J connectivity index is 2.31. The van der Waals surface area contributed by atoms with Crippen molar-refractivity contribution in [3.05, 3.63) is 28.7 Å². The molecule has 0 spiro atoms. The fourth-order valence-electron chi connectivity index (χ4n) is 1.27. The van der Waals surface area contributed by atoms with Gasteiger partial charge >= 0.3 is 5.97 Å². The van der Waals surface area contributed by atoms with Gasteiger partial charge in [-0.3, -0.25) is 9.59 Å². The number of thioether (sulfide) groups is 1. The number of carbonyl (C=O) groups is 2. The zero-order chi connectivity index (χ0) is 13.5. The molecule has 0 aromatic heterocycles. The van der Waals surface area contributed by atoms with Crippen LogP contribution in [-0.2, 0) is 9.59 Å². The van der Waals surface area contributed by atoms with Gasteiger partial charge in [0, 0.05) is 28.6 Å². The number of rotatable bonds is 6. The number of halogens is 1. The Morgan fingerprint density at radius 1 is 1.33 bits per heavy atom. The first-order valence-electron chi connectivity index (χ1n) is 5.33. The normalized spacial score (nSPS) is 10.1. The fourth-order valence-corrected chi connectivity index (χ4v) is 2.37. The molecule has 6 heteroatoms. The Kier molecular flexibility index (Phi) is 6.21. The van der Waals surface area contributed by atoms with Gasteiger partial charge in [0.25, 0.3) is 0 Å². The zero-order valence-electron chi connectivity index (χ0n) is 9.93. The minimum atomic E-state index is -0.994. The van der Waals surface area contributed by atoms with Gasteiger partial charge in [0.2, 0.25) is 5.91 Å². The van der Waals surface area contributed by atoms with Gasteiger partial charge in [-0.2, -0.15) is 0 Å². The highest BCUT2D eigenvalue weighted by Gasteiger charge is 2.11. The highest BCUT2D eigenvalue weighted by molar-refractivity contribution is 9.10. The molecular formula is C12H14BrNO3S. The summed E-state index contributed by atoms with van der Waals surface area (Å²) in [6.07, 6.45) is 0.338. The lowest BCUT2D eigenvalue weighted by molar-refractivity contribution is -0.143. The molecule has 1 amide bonds. The van der Waals surface area contributed by atoms with Crippen molar-refractivity contribution in [2.75, 3.05) is 19.3 Å². The minimum Gasteiger partial charge on any atom is -0.480 e. The van der Waals surface area contributed by atoms with Crippen molar-refractivity contribution < 1.29 is 14.7 Å². The first-order valence-corrected chi connectivity index (χ1v) is 7.11. The van der Waals surface area contributed by atoms with Crippen LogP contribution in [-0.4, -0.2) is 41.2 Å². The van der Waals surface area contributed by atoms with E-state index in [1.54, 1.807) is 11.8 Å². The maximum absolute atomic E-state index is 11.6. The molecule has 0 fully saturated rings. The van der Waals surface area contributed by atoms with Crippen LogP contribution in [0.1, 0.15) is 6.42 Å². The summed E-state index contributed by atoms with van der Waals surface area (Å²) in [4.78, 5) is 24.3. The Morgan fingerprint density at radius 2 is 1.94 bits per heavy atom. The van der Waals surface area contributed by atoms with E-state index in [9.17, 15) is 9.59 Å². The van der Waals surface area contributed by atoms with Crippen LogP contribution in [0.15, 0.2) is 33.6 Å². The monoisotopic (exact) mass is 331 g/mol. The molecule has 0 aliphatic rings. The number of hydrogen-bond acceptors (Lipinski definition) is 3. The largest absolute Gasteiger partial charge is 0.480 e. The van der Waals surface area contributed by atoms with Crippen molar-refractivity contribution in [2.24, 2.45) is 0 Å². The standard InChI is InChI=1S/C12H14BrNO3S/c1-14(8-12(16)17)11(15)6-7-18-10-4-2-9(13)3-5-10/h2-5H,6-8H2,1H3,(H,16,17). The number of aliphatic carboxylic acids is 1. The Hall–Kier alpha value is -1.01. The summed E-state index contributed by atoms with van der Waals surface area (Å²) in [5.41, 5.74) is 0. The molecule has 4 nitrogen and oxygen atoms in total. The van der Waals surface area contributed by atoms with Crippen LogP contribution in [0.5, 0.6) is 0 Å². The van der Waals surface area contributed by atoms with Crippen LogP contribution in [0.25, 0.3) is 0 Å². The smallest absolute Gasteiger partial charge is 0.323 e. The van der Waals surface area contributed by atoms with Gasteiger partial charge in [0.05, 0.1) is 0 Å². The van der Waals surface area contributed by atoms with Crippen LogP contribution >= 0.6 is 27.7 Å². The molecule has 0 bridgehead atoms. The molecule has 1 aromatic rings. The lowest BCUT2D eigenvalue weighted by Crippen LogP contribution is -2.32. The zero-order valence-corrected chi connectivity index (χ0v) is 12.3. The minimum absolute atomic E-state index is 0.151. The maximum Gasteiger partial charge on any atom is 0.323 e. The predicted molar refractivity (Wildman–Crippen MR) is 74.8 cm³/mol. The average Bonchev–Trinajstić information content (AvgIpc) is 2.30. The lowest BCUT2D eigenvalue weighted by Gasteiger charge is -2.14. The van der Waals surface area contributed by atoms with Crippen LogP contribution in [0, 0.1) is 0 Å². The molecule has 0 saturated carbocycles. The summed E-state index contributed by atoms with van der Waals surface area (Å²) in [7, 11) is 1.50. The quantitative estimate of drug-likeness (QED) is 0.813. The molecule has 0 radical (unpaired) electrons. The van der Waals surface area contributed by atoms with E-state index in [1.165, 1.54) is 11.9 Å². The molecule has 0 aliphatic carbocycles. The number of benzene rings is 1. The third-order valence-corrected chi connectivity index (χ3v) is 3.74. The van der Waals surface area contributed by atoms with E-state index in [-0.39, 0.29) is 12.5 Å². The van der Waals surface area contributed by atoms with E-state index in [0.29, 0.717) is 12.2 Å². The molecule has 0 atom stereocenters. The molecule has 0 aliphatic heterocycles. The van der Waals surface area contributed by atoms with Gasteiger partial charge < -0.3 is 10.0 Å². The SMILES string of the molecule is CN(CC(=O)O)C(=O)CCSc1ccc(Br)cc1. The van der Waals surface area contributed by atoms with Gasteiger partial charge in [0.1, 0.15) is 6.54 Å². The van der Waals surface area contributed by atoms with Gasteiger partial charge in [-0.1, -0.05) is 15.9 Å². The second-order valence-corrected chi connectivity index (χ2v) is 5.78. The number of hydrogen-bond donors (Lipinski definition) is 1. The van der Waals surface area contributed by atoms with Gasteiger partial charge in [-0.25, -0.2) is 0 Å². The van der Waals surface area contributed by atoms with Crippen molar-refractivity contribution >= 4 is 39.6 Å². The number of carboxylic acids is 1. The Morgan fingerprint density at radius 3 is 2.50 bits per heavy atom. The third-order valence-electron chi connectivity index (χ3n) is 2.20. The van der Waals surface area contributed by atoms with Crippen LogP contribution in [0.4, 0.5) is 0 Å². The van der Waals surface area contributed by atoms with Crippen molar-refractivity contribution in [1.29, 1.82) is 0 Å². The third kappa shape index (κ3) is 5.55. The molecule has 1 rings (SSSR count). The van der Waals surface area contributed by atoms with E-state index in [0.717, 1.165) is 9.37 Å².